The van der Waals surface area contributed by atoms with Crippen LogP contribution < -0.4 is 29.6 Å². The first kappa shape index (κ1) is 23.2. The second kappa shape index (κ2) is 8.76. The minimum absolute atomic E-state index is 0. The van der Waals surface area contributed by atoms with Crippen LogP contribution in [0.3, 0.4) is 0 Å². The quantitative estimate of drug-likeness (QED) is 0.178. The summed E-state index contributed by atoms with van der Waals surface area (Å²) < 4.78 is 17.8. The molecule has 0 aromatic rings. The smallest absolute Gasteiger partial charge is 1.00 e. The molecular weight excluding hydrogens is 229 g/mol. The molecule has 74 valence electrons. The summed E-state index contributed by atoms with van der Waals surface area (Å²) in [4.78, 5) is 43.1. The minimum atomic E-state index is -4.64. The molecule has 12 heavy (non-hydrogen) atoms. The van der Waals surface area contributed by atoms with Crippen molar-refractivity contribution in [2.75, 3.05) is 0 Å². The first-order chi connectivity index (χ1) is 4.00. The molecule has 12 heteroatoms. The van der Waals surface area contributed by atoms with Crippen molar-refractivity contribution in [2.45, 2.75) is 0 Å². The molecule has 0 saturated carbocycles. The van der Waals surface area contributed by atoms with E-state index in [9.17, 15) is 0 Å². The molecular formula is H9NaO9P2. The summed E-state index contributed by atoms with van der Waals surface area (Å²) in [5.41, 5.74) is 0. The molecule has 0 aromatic heterocycles. The van der Waals surface area contributed by atoms with E-state index in [0.717, 1.165) is 0 Å². The molecule has 0 aliphatic carbocycles. The molecule has 0 unspecified atom stereocenters. The zero-order valence-corrected chi connectivity index (χ0v) is 9.68. The van der Waals surface area contributed by atoms with Gasteiger partial charge in [-0.3, -0.25) is 0 Å². The Labute approximate surface area is 90.6 Å². The Hall–Kier alpha value is 1.18. The third kappa shape index (κ3) is 832. The van der Waals surface area contributed by atoms with Crippen LogP contribution in [0.15, 0.2) is 0 Å². The van der Waals surface area contributed by atoms with Crippen molar-refractivity contribution >= 4 is 15.6 Å². The second-order valence-corrected chi connectivity index (χ2v) is 3.08. The molecule has 0 bridgehead atoms. The molecule has 0 spiro atoms. The van der Waals surface area contributed by atoms with Crippen molar-refractivity contribution in [1.82, 2.24) is 0 Å². The van der Waals surface area contributed by atoms with Crippen molar-refractivity contribution in [3.8, 4) is 0 Å². The molecule has 0 radical (unpaired) electrons. The largest absolute Gasteiger partial charge is 1.00 e. The van der Waals surface area contributed by atoms with Crippen LogP contribution in [0.5, 0.6) is 0 Å². The maximum Gasteiger partial charge on any atom is 1.00 e. The first-order valence-electron chi connectivity index (χ1n) is 1.57. The van der Waals surface area contributed by atoms with E-state index in [0.29, 0.717) is 0 Å². The van der Waals surface area contributed by atoms with Gasteiger partial charge in [-0.1, -0.05) is 0 Å². The molecule has 0 fully saturated rings. The van der Waals surface area contributed by atoms with Crippen LogP contribution in [0.4, 0.5) is 0 Å². The van der Waals surface area contributed by atoms with E-state index < -0.39 is 15.6 Å². The van der Waals surface area contributed by atoms with Gasteiger partial charge >= 0.3 is 45.2 Å². The van der Waals surface area contributed by atoms with Crippen molar-refractivity contribution < 1.29 is 75.0 Å². The fraction of sp³-hybridized carbons (Fsp3) is 0. The topological polar surface area (TPSA) is 187 Å². The SMILES string of the molecule is O.O=P(O)(O)O.O=P(O)(O)O.[H-].[Na+]. The van der Waals surface area contributed by atoms with Gasteiger partial charge in [0.2, 0.25) is 0 Å². The van der Waals surface area contributed by atoms with Crippen LogP contribution in [0, 0.1) is 0 Å². The van der Waals surface area contributed by atoms with Gasteiger partial charge in [0.05, 0.1) is 0 Å². The Balaban J connectivity index is -0.0000000267. The zero-order chi connectivity index (χ0) is 9.00. The van der Waals surface area contributed by atoms with E-state index in [2.05, 4.69) is 0 Å². The van der Waals surface area contributed by atoms with Gasteiger partial charge in [0.15, 0.2) is 0 Å². The van der Waals surface area contributed by atoms with Gasteiger partial charge in [-0.05, 0) is 0 Å². The number of phosphoric acid groups is 2. The molecule has 0 amide bonds. The summed E-state index contributed by atoms with van der Waals surface area (Å²) in [5, 5.41) is 0. The monoisotopic (exact) mass is 238 g/mol. The van der Waals surface area contributed by atoms with Crippen LogP contribution in [0.1, 0.15) is 1.43 Å². The molecule has 0 aromatic carbocycles. The number of hydrogen-bond donors (Lipinski definition) is 6. The summed E-state index contributed by atoms with van der Waals surface area (Å²) in [6, 6.07) is 0. The Morgan fingerprint density at radius 1 is 0.750 bits per heavy atom. The fourth-order valence-electron chi connectivity index (χ4n) is 0. The van der Waals surface area contributed by atoms with Crippen LogP contribution >= 0.6 is 15.6 Å². The van der Waals surface area contributed by atoms with E-state index in [1.807, 2.05) is 0 Å². The van der Waals surface area contributed by atoms with Crippen LogP contribution in [0.2, 0.25) is 0 Å². The number of rotatable bonds is 0. The average molecular weight is 238 g/mol. The van der Waals surface area contributed by atoms with Gasteiger partial charge in [-0.2, -0.15) is 0 Å². The minimum Gasteiger partial charge on any atom is -1.00 e. The van der Waals surface area contributed by atoms with Crippen molar-refractivity contribution in [1.29, 1.82) is 0 Å². The van der Waals surface area contributed by atoms with Gasteiger partial charge in [0.25, 0.3) is 0 Å². The maximum absolute atomic E-state index is 8.88. The van der Waals surface area contributed by atoms with Crippen molar-refractivity contribution in [3.63, 3.8) is 0 Å². The Morgan fingerprint density at radius 3 is 0.750 bits per heavy atom. The van der Waals surface area contributed by atoms with E-state index in [1.165, 1.54) is 0 Å². The van der Waals surface area contributed by atoms with Gasteiger partial charge < -0.3 is 36.3 Å². The van der Waals surface area contributed by atoms with E-state index in [4.69, 9.17) is 38.5 Å². The van der Waals surface area contributed by atoms with Crippen molar-refractivity contribution in [2.24, 2.45) is 0 Å². The van der Waals surface area contributed by atoms with E-state index in [1.54, 1.807) is 0 Å². The zero-order valence-electron chi connectivity index (χ0n) is 6.89. The average Bonchev–Trinajstić information content (AvgIpc) is 1.12. The first-order valence-corrected chi connectivity index (χ1v) is 4.70. The summed E-state index contributed by atoms with van der Waals surface area (Å²) in [6.45, 7) is 0. The van der Waals surface area contributed by atoms with Crippen molar-refractivity contribution in [3.05, 3.63) is 0 Å². The number of hydrogen-bond acceptors (Lipinski definition) is 2. The molecule has 0 heterocycles. The third-order valence-electron chi connectivity index (χ3n) is 0. The summed E-state index contributed by atoms with van der Waals surface area (Å²) in [7, 11) is -9.28. The molecule has 0 aliphatic heterocycles. The summed E-state index contributed by atoms with van der Waals surface area (Å²) >= 11 is 0. The summed E-state index contributed by atoms with van der Waals surface area (Å²) in [5.74, 6) is 0. The molecule has 0 rings (SSSR count). The molecule has 9 nitrogen and oxygen atoms in total. The van der Waals surface area contributed by atoms with E-state index >= 15 is 0 Å². The predicted molar refractivity (Wildman–Crippen MR) is 33.3 cm³/mol. The Kier molecular flexibility index (Phi) is 16.9. The second-order valence-electron chi connectivity index (χ2n) is 1.03. The van der Waals surface area contributed by atoms with Crippen LogP contribution in [-0.4, -0.2) is 34.8 Å². The van der Waals surface area contributed by atoms with Gasteiger partial charge in [0, 0.05) is 0 Å². The molecule has 0 atom stereocenters. The van der Waals surface area contributed by atoms with Gasteiger partial charge in [0.1, 0.15) is 0 Å². The maximum atomic E-state index is 8.88. The predicted octanol–water partition coefficient (Wildman–Crippen LogP) is -5.57. The van der Waals surface area contributed by atoms with Gasteiger partial charge in [-0.25, -0.2) is 9.13 Å². The Bertz CT molecular complexity index is 130. The molecule has 0 saturated heterocycles. The molecule has 0 aliphatic rings. The Morgan fingerprint density at radius 2 is 0.750 bits per heavy atom. The van der Waals surface area contributed by atoms with Crippen LogP contribution in [0.25, 0.3) is 0 Å². The standard InChI is InChI=1S/Na.2H3O4P.H2O.H/c;2*1-5(2,3)4;;/h;2*(H3,1,2,3,4);1H2;/q+1;;;;-1. The summed E-state index contributed by atoms with van der Waals surface area (Å²) in [6.07, 6.45) is 0. The van der Waals surface area contributed by atoms with E-state index in [-0.39, 0.29) is 36.5 Å². The van der Waals surface area contributed by atoms with Crippen LogP contribution in [-0.2, 0) is 9.13 Å². The molecule has 8 N–H and O–H groups in total. The normalized spacial score (nSPS) is 9.83. The van der Waals surface area contributed by atoms with Gasteiger partial charge in [-0.15, -0.1) is 0 Å². The third-order valence-corrected chi connectivity index (χ3v) is 0. The fourth-order valence-corrected chi connectivity index (χ4v) is 0.